The Morgan fingerprint density at radius 3 is 2.36 bits per heavy atom. The zero-order valence-electron chi connectivity index (χ0n) is 25.9. The summed E-state index contributed by atoms with van der Waals surface area (Å²) in [4.78, 5) is 12.7. The molecule has 2 fully saturated rings. The van der Waals surface area contributed by atoms with Crippen molar-refractivity contribution in [2.75, 3.05) is 18.4 Å². The van der Waals surface area contributed by atoms with E-state index < -0.39 is 37.9 Å². The number of nitrogens with two attached hydrogens (primary N) is 1. The lowest BCUT2D eigenvalue weighted by atomic mass is 9.66. The van der Waals surface area contributed by atoms with Gasteiger partial charge in [0.05, 0.1) is 23.1 Å². The zero-order valence-corrected chi connectivity index (χ0v) is 27.4. The Morgan fingerprint density at radius 2 is 1.71 bits per heavy atom. The molecule has 2 heterocycles. The maximum atomic E-state index is 15.5. The van der Waals surface area contributed by atoms with Crippen molar-refractivity contribution in [1.82, 2.24) is 10.6 Å². The standard InChI is InChI=1S/C34H42ClFN4O4S/c1-22-20-38-21-34(40-22,45(42,43)27-8-5-4-6-9-27)17-16-28-29(36)10-7-11-30(28)39-32(41)31(37)33(18-23(2)44-24(3)19-33)25-12-14-26(35)15-13-25/h4-15,22-24,31,38,40H,16-21,37H2,1-3H3,(H,39,41)/t22-,23-,24+,31-,33?,34+/m1/s1. The molecular formula is C34H42ClFN4O4S. The van der Waals surface area contributed by atoms with E-state index in [0.717, 1.165) is 5.56 Å². The Morgan fingerprint density at radius 1 is 1.04 bits per heavy atom. The summed E-state index contributed by atoms with van der Waals surface area (Å²) in [6.45, 7) is 6.58. The minimum atomic E-state index is -3.88. The molecule has 11 heteroatoms. The summed E-state index contributed by atoms with van der Waals surface area (Å²) in [7, 11) is -3.88. The highest BCUT2D eigenvalue weighted by molar-refractivity contribution is 7.92. The number of rotatable bonds is 9. The van der Waals surface area contributed by atoms with E-state index >= 15 is 4.39 Å². The van der Waals surface area contributed by atoms with E-state index in [1.807, 2.05) is 32.9 Å². The predicted molar refractivity (Wildman–Crippen MR) is 176 cm³/mol. The fourth-order valence-corrected chi connectivity index (χ4v) is 9.22. The Bertz CT molecular complexity index is 1600. The summed E-state index contributed by atoms with van der Waals surface area (Å²) >= 11 is 6.18. The Balaban J connectivity index is 1.44. The summed E-state index contributed by atoms with van der Waals surface area (Å²) < 4.78 is 49.6. The topological polar surface area (TPSA) is 123 Å². The second kappa shape index (κ2) is 13.5. The van der Waals surface area contributed by atoms with Gasteiger partial charge in [-0.1, -0.05) is 48.0 Å². The Labute approximate surface area is 270 Å². The summed E-state index contributed by atoms with van der Waals surface area (Å²) in [5.41, 5.74) is 7.43. The molecule has 0 saturated carbocycles. The van der Waals surface area contributed by atoms with E-state index in [0.29, 0.717) is 24.4 Å². The number of ether oxygens (including phenoxy) is 1. The minimum absolute atomic E-state index is 0.0508. The van der Waals surface area contributed by atoms with Gasteiger partial charge in [0.25, 0.3) is 0 Å². The molecule has 0 radical (unpaired) electrons. The Kier molecular flexibility index (Phi) is 10.0. The summed E-state index contributed by atoms with van der Waals surface area (Å²) in [5, 5.41) is 10.0. The van der Waals surface area contributed by atoms with Crippen LogP contribution in [0.5, 0.6) is 0 Å². The number of anilines is 1. The van der Waals surface area contributed by atoms with Crippen LogP contribution in [0.3, 0.4) is 0 Å². The first-order valence-corrected chi connectivity index (χ1v) is 17.3. The third-order valence-corrected chi connectivity index (χ3v) is 11.8. The monoisotopic (exact) mass is 656 g/mol. The highest BCUT2D eigenvalue weighted by atomic mass is 35.5. The van der Waals surface area contributed by atoms with E-state index in [-0.39, 0.29) is 53.8 Å². The van der Waals surface area contributed by atoms with Gasteiger partial charge in [-0.05, 0) is 88.4 Å². The molecular weight excluding hydrogens is 615 g/mol. The smallest absolute Gasteiger partial charge is 0.242 e. The third-order valence-electron chi connectivity index (χ3n) is 9.16. The summed E-state index contributed by atoms with van der Waals surface area (Å²) in [5.74, 6) is -0.998. The maximum absolute atomic E-state index is 15.5. The van der Waals surface area contributed by atoms with E-state index in [2.05, 4.69) is 16.0 Å². The molecule has 2 aliphatic heterocycles. The van der Waals surface area contributed by atoms with Crippen LogP contribution in [0.15, 0.2) is 77.7 Å². The van der Waals surface area contributed by atoms with Crippen molar-refractivity contribution < 1.29 is 22.3 Å². The van der Waals surface area contributed by atoms with Gasteiger partial charge in [0.2, 0.25) is 5.91 Å². The number of hydrogen-bond acceptors (Lipinski definition) is 7. The minimum Gasteiger partial charge on any atom is -0.375 e. The number of carbonyl (C=O) groups excluding carboxylic acids is 1. The predicted octanol–water partition coefficient (Wildman–Crippen LogP) is 4.95. The lowest BCUT2D eigenvalue weighted by Crippen LogP contribution is -2.66. The first kappa shape index (κ1) is 33.5. The normalized spacial score (nSPS) is 27.9. The van der Waals surface area contributed by atoms with Crippen LogP contribution in [0.1, 0.15) is 51.2 Å². The second-order valence-electron chi connectivity index (χ2n) is 12.5. The van der Waals surface area contributed by atoms with Crippen molar-refractivity contribution in [3.63, 3.8) is 0 Å². The fraction of sp³-hybridized carbons (Fsp3) is 0.441. The molecule has 0 aromatic heterocycles. The van der Waals surface area contributed by atoms with Crippen LogP contribution in [0, 0.1) is 5.82 Å². The average Bonchev–Trinajstić information content (AvgIpc) is 3.00. The maximum Gasteiger partial charge on any atom is 0.242 e. The lowest BCUT2D eigenvalue weighted by molar-refractivity contribution is -0.122. The number of nitrogens with one attached hydrogen (secondary N) is 3. The van der Waals surface area contributed by atoms with E-state index in [4.69, 9.17) is 22.1 Å². The van der Waals surface area contributed by atoms with E-state index in [1.54, 1.807) is 48.5 Å². The van der Waals surface area contributed by atoms with Crippen LogP contribution >= 0.6 is 11.6 Å². The SMILES string of the molecule is C[C@@H]1CNC[C@](CCc2c(F)cccc2NC(=O)[C@@H](N)C2(c3ccc(Cl)cc3)C[C@@H](C)O[C@@H](C)C2)(S(=O)(=O)c2ccccc2)N1. The average molecular weight is 657 g/mol. The van der Waals surface area contributed by atoms with Crippen molar-refractivity contribution in [2.45, 2.75) is 85.9 Å². The van der Waals surface area contributed by atoms with Gasteiger partial charge >= 0.3 is 0 Å². The van der Waals surface area contributed by atoms with Gasteiger partial charge < -0.3 is 21.1 Å². The first-order valence-electron chi connectivity index (χ1n) is 15.4. The van der Waals surface area contributed by atoms with Crippen molar-refractivity contribution in [3.8, 4) is 0 Å². The molecule has 0 aliphatic carbocycles. The van der Waals surface area contributed by atoms with Crippen LogP contribution in [0.2, 0.25) is 5.02 Å². The largest absolute Gasteiger partial charge is 0.375 e. The molecule has 1 amide bonds. The molecule has 6 atom stereocenters. The van der Waals surface area contributed by atoms with Crippen LogP contribution in [-0.2, 0) is 31.2 Å². The van der Waals surface area contributed by atoms with Crippen LogP contribution in [0.4, 0.5) is 10.1 Å². The van der Waals surface area contributed by atoms with Crippen molar-refractivity contribution in [3.05, 3.63) is 94.8 Å². The van der Waals surface area contributed by atoms with Crippen LogP contribution < -0.4 is 21.7 Å². The first-order chi connectivity index (χ1) is 21.4. The molecule has 3 aromatic rings. The summed E-state index contributed by atoms with van der Waals surface area (Å²) in [6, 6.07) is 19.0. The van der Waals surface area contributed by atoms with Gasteiger partial charge in [0.1, 0.15) is 10.7 Å². The highest BCUT2D eigenvalue weighted by Gasteiger charge is 2.49. The molecule has 45 heavy (non-hydrogen) atoms. The number of piperazine rings is 1. The molecule has 1 unspecified atom stereocenters. The number of sulfone groups is 1. The van der Waals surface area contributed by atoms with Crippen molar-refractivity contribution in [2.24, 2.45) is 5.73 Å². The van der Waals surface area contributed by atoms with E-state index in [9.17, 15) is 13.2 Å². The Hall–Kier alpha value is -2.86. The molecule has 5 rings (SSSR count). The molecule has 3 aromatic carbocycles. The second-order valence-corrected chi connectivity index (χ2v) is 15.2. The van der Waals surface area contributed by atoms with Crippen LogP contribution in [-0.4, -0.2) is 56.6 Å². The zero-order chi connectivity index (χ0) is 32.4. The molecule has 242 valence electrons. The van der Waals surface area contributed by atoms with Crippen molar-refractivity contribution in [1.29, 1.82) is 0 Å². The van der Waals surface area contributed by atoms with Crippen LogP contribution in [0.25, 0.3) is 0 Å². The molecule has 0 spiro atoms. The number of amides is 1. The number of benzene rings is 3. The molecule has 2 aliphatic rings. The number of halogens is 2. The highest BCUT2D eigenvalue weighted by Crippen LogP contribution is 2.43. The van der Waals surface area contributed by atoms with Gasteiger partial charge in [-0.2, -0.15) is 0 Å². The van der Waals surface area contributed by atoms with E-state index in [1.165, 1.54) is 12.1 Å². The molecule has 8 nitrogen and oxygen atoms in total. The van der Waals surface area contributed by atoms with Crippen molar-refractivity contribution >= 4 is 33.0 Å². The van der Waals surface area contributed by atoms with Gasteiger partial charge in [0.15, 0.2) is 9.84 Å². The van der Waals surface area contributed by atoms with Gasteiger partial charge in [-0.3, -0.25) is 10.1 Å². The molecule has 2 saturated heterocycles. The summed E-state index contributed by atoms with van der Waals surface area (Å²) in [6.07, 6.45) is 0.860. The van der Waals surface area contributed by atoms with Gasteiger partial charge in [-0.25, -0.2) is 12.8 Å². The van der Waals surface area contributed by atoms with Gasteiger partial charge in [-0.15, -0.1) is 0 Å². The van der Waals surface area contributed by atoms with Gasteiger partial charge in [0, 0.05) is 40.8 Å². The molecule has 0 bridgehead atoms. The number of carbonyl (C=O) groups is 1. The third kappa shape index (κ3) is 6.82. The quantitative estimate of drug-likeness (QED) is 0.257. The lowest BCUT2D eigenvalue weighted by Gasteiger charge is -2.46. The number of hydrogen-bond donors (Lipinski definition) is 4. The molecule has 5 N–H and O–H groups in total. The fourth-order valence-electron chi connectivity index (χ4n) is 7.11.